The molecule has 0 aliphatic carbocycles. The number of amides is 1. The van der Waals surface area contributed by atoms with Gasteiger partial charge in [0.25, 0.3) is 0 Å². The van der Waals surface area contributed by atoms with Gasteiger partial charge in [-0.25, -0.2) is 0 Å². The van der Waals surface area contributed by atoms with Crippen LogP contribution in [-0.4, -0.2) is 95.1 Å². The Morgan fingerprint density at radius 1 is 0.800 bits per heavy atom. The van der Waals surface area contributed by atoms with Crippen molar-refractivity contribution in [3.05, 3.63) is 48.5 Å². The minimum Gasteiger partial charge on any atom is -0.382 e. The van der Waals surface area contributed by atoms with Crippen LogP contribution in [-0.2, 0) is 19.0 Å². The fourth-order valence-electron chi connectivity index (χ4n) is 4.48. The van der Waals surface area contributed by atoms with Crippen LogP contribution in [0.1, 0.15) is 12.8 Å². The van der Waals surface area contributed by atoms with E-state index in [9.17, 15) is 4.79 Å². The van der Waals surface area contributed by atoms with E-state index in [0.29, 0.717) is 39.5 Å². The maximum Gasteiger partial charge on any atom is 0.224 e. The lowest BCUT2D eigenvalue weighted by Gasteiger charge is -2.36. The minimum absolute atomic E-state index is 0.184. The predicted octanol–water partition coefficient (Wildman–Crippen LogP) is 3.89. The van der Waals surface area contributed by atoms with Crippen molar-refractivity contribution in [3.63, 3.8) is 0 Å². The summed E-state index contributed by atoms with van der Waals surface area (Å²) in [5.41, 5.74) is 2.60. The Kier molecular flexibility index (Phi) is 10.3. The molecule has 0 N–H and O–H groups in total. The van der Waals surface area contributed by atoms with Gasteiger partial charge in [-0.3, -0.25) is 9.69 Å². The summed E-state index contributed by atoms with van der Waals surface area (Å²) in [5.74, 6) is 0.184. The van der Waals surface area contributed by atoms with E-state index in [-0.39, 0.29) is 5.91 Å². The van der Waals surface area contributed by atoms with E-state index in [1.165, 1.54) is 21.2 Å². The average Bonchev–Trinajstić information content (AvgIpc) is 2.90. The van der Waals surface area contributed by atoms with Crippen LogP contribution in [0.25, 0.3) is 0 Å². The number of anilines is 2. The van der Waals surface area contributed by atoms with Crippen molar-refractivity contribution in [3.8, 4) is 0 Å². The van der Waals surface area contributed by atoms with E-state index in [0.717, 1.165) is 45.7 Å². The molecule has 1 fully saturated rings. The molecule has 2 heterocycles. The van der Waals surface area contributed by atoms with Crippen LogP contribution in [0.15, 0.2) is 58.3 Å². The van der Waals surface area contributed by atoms with Crippen molar-refractivity contribution in [2.24, 2.45) is 0 Å². The first kappa shape index (κ1) is 26.0. The Balaban J connectivity index is 1.14. The average molecular weight is 500 g/mol. The molecule has 4 rings (SSSR count). The Morgan fingerprint density at radius 3 is 2.06 bits per heavy atom. The Bertz CT molecular complexity index is 891. The monoisotopic (exact) mass is 499 g/mol. The van der Waals surface area contributed by atoms with Gasteiger partial charge in [-0.05, 0) is 37.2 Å². The van der Waals surface area contributed by atoms with Gasteiger partial charge in [0.05, 0.1) is 50.8 Å². The largest absolute Gasteiger partial charge is 0.382 e. The summed E-state index contributed by atoms with van der Waals surface area (Å²) in [5, 5.41) is 0. The maximum atomic E-state index is 12.5. The Labute approximate surface area is 213 Å². The van der Waals surface area contributed by atoms with Crippen LogP contribution >= 0.6 is 11.8 Å². The van der Waals surface area contributed by atoms with Crippen LogP contribution in [0.4, 0.5) is 11.4 Å². The highest BCUT2D eigenvalue weighted by atomic mass is 32.2. The van der Waals surface area contributed by atoms with Crippen LogP contribution in [0.5, 0.6) is 0 Å². The molecule has 1 saturated heterocycles. The molecule has 2 aromatic rings. The van der Waals surface area contributed by atoms with Crippen LogP contribution in [0, 0.1) is 0 Å². The molecule has 8 heteroatoms. The number of ether oxygens (including phenoxy) is 3. The van der Waals surface area contributed by atoms with Gasteiger partial charge in [0.15, 0.2) is 0 Å². The topological polar surface area (TPSA) is 54.5 Å². The Morgan fingerprint density at radius 2 is 1.40 bits per heavy atom. The number of hydrogen-bond donors (Lipinski definition) is 0. The standard InChI is InChI=1S/C27H37N3O4S/c1-32-19-20-34-22-21-33-18-11-27(31)29-16-14-28(15-17-29)12-6-13-30-23-7-2-4-9-25(23)35-26-10-5-3-8-24(26)30/h2-5,7-10H,6,11-22H2,1H3. The van der Waals surface area contributed by atoms with Crippen LogP contribution < -0.4 is 4.90 Å². The smallest absolute Gasteiger partial charge is 0.224 e. The minimum atomic E-state index is 0.184. The molecular weight excluding hydrogens is 462 g/mol. The van der Waals surface area contributed by atoms with Gasteiger partial charge in [-0.15, -0.1) is 0 Å². The number of methoxy groups -OCH3 is 1. The lowest BCUT2D eigenvalue weighted by molar-refractivity contribution is -0.134. The number of para-hydroxylation sites is 2. The molecule has 0 atom stereocenters. The molecule has 190 valence electrons. The third-order valence-electron chi connectivity index (χ3n) is 6.38. The van der Waals surface area contributed by atoms with Gasteiger partial charge in [0, 0.05) is 49.6 Å². The van der Waals surface area contributed by atoms with Gasteiger partial charge in [-0.1, -0.05) is 36.0 Å². The van der Waals surface area contributed by atoms with Crippen molar-refractivity contribution < 1.29 is 19.0 Å². The lowest BCUT2D eigenvalue weighted by Crippen LogP contribution is -2.49. The maximum absolute atomic E-state index is 12.5. The lowest BCUT2D eigenvalue weighted by atomic mass is 10.2. The van der Waals surface area contributed by atoms with E-state index < -0.39 is 0 Å². The second-order valence-electron chi connectivity index (χ2n) is 8.73. The quantitative estimate of drug-likeness (QED) is 0.388. The van der Waals surface area contributed by atoms with E-state index in [1.54, 1.807) is 7.11 Å². The van der Waals surface area contributed by atoms with Crippen molar-refractivity contribution in [2.75, 3.05) is 84.3 Å². The third-order valence-corrected chi connectivity index (χ3v) is 7.51. The summed E-state index contributed by atoms with van der Waals surface area (Å²) in [6.07, 6.45) is 1.52. The molecule has 0 radical (unpaired) electrons. The highest BCUT2D eigenvalue weighted by molar-refractivity contribution is 7.99. The van der Waals surface area contributed by atoms with Gasteiger partial charge in [0.1, 0.15) is 0 Å². The summed E-state index contributed by atoms with van der Waals surface area (Å²) in [4.78, 5) is 22.1. The SMILES string of the molecule is COCCOCCOCCC(=O)N1CCN(CCCN2c3ccccc3Sc3ccccc32)CC1. The number of hydrogen-bond acceptors (Lipinski definition) is 7. The zero-order valence-corrected chi connectivity index (χ0v) is 21.5. The molecular formula is C27H37N3O4S. The van der Waals surface area contributed by atoms with Crippen molar-refractivity contribution in [2.45, 2.75) is 22.6 Å². The molecule has 7 nitrogen and oxygen atoms in total. The summed E-state index contributed by atoms with van der Waals surface area (Å²) >= 11 is 1.85. The number of carbonyl (C=O) groups excluding carboxylic acids is 1. The molecule has 1 amide bonds. The highest BCUT2D eigenvalue weighted by Crippen LogP contribution is 2.47. The summed E-state index contributed by atoms with van der Waals surface area (Å²) in [6, 6.07) is 17.3. The number of carbonyl (C=O) groups is 1. The molecule has 35 heavy (non-hydrogen) atoms. The molecule has 0 spiro atoms. The van der Waals surface area contributed by atoms with Crippen LogP contribution in [0.2, 0.25) is 0 Å². The third kappa shape index (κ3) is 7.44. The molecule has 0 unspecified atom stereocenters. The fraction of sp³-hybridized carbons (Fsp3) is 0.519. The van der Waals surface area contributed by atoms with E-state index in [4.69, 9.17) is 14.2 Å². The first-order valence-electron chi connectivity index (χ1n) is 12.5. The molecule has 2 aliphatic heterocycles. The van der Waals surface area contributed by atoms with E-state index >= 15 is 0 Å². The zero-order chi connectivity index (χ0) is 24.3. The summed E-state index contributed by atoms with van der Waals surface area (Å²) in [6.45, 7) is 8.14. The highest BCUT2D eigenvalue weighted by Gasteiger charge is 2.24. The van der Waals surface area contributed by atoms with Crippen molar-refractivity contribution in [1.82, 2.24) is 9.80 Å². The van der Waals surface area contributed by atoms with Gasteiger partial charge >= 0.3 is 0 Å². The molecule has 0 bridgehead atoms. The fourth-order valence-corrected chi connectivity index (χ4v) is 5.57. The second-order valence-corrected chi connectivity index (χ2v) is 9.82. The predicted molar refractivity (Wildman–Crippen MR) is 140 cm³/mol. The number of benzene rings is 2. The van der Waals surface area contributed by atoms with Crippen molar-refractivity contribution in [1.29, 1.82) is 0 Å². The van der Waals surface area contributed by atoms with Gasteiger partial charge in [-0.2, -0.15) is 0 Å². The van der Waals surface area contributed by atoms with Crippen LogP contribution in [0.3, 0.4) is 0 Å². The van der Waals surface area contributed by atoms with Gasteiger partial charge < -0.3 is 24.0 Å². The molecule has 2 aliphatic rings. The molecule has 0 saturated carbocycles. The Hall–Kier alpha value is -2.10. The van der Waals surface area contributed by atoms with Gasteiger partial charge in [0.2, 0.25) is 5.91 Å². The first-order chi connectivity index (χ1) is 17.3. The number of rotatable bonds is 13. The normalized spacial score (nSPS) is 15.7. The first-order valence-corrected chi connectivity index (χ1v) is 13.4. The second kappa shape index (κ2) is 13.8. The van der Waals surface area contributed by atoms with Crippen molar-refractivity contribution >= 4 is 29.0 Å². The zero-order valence-electron chi connectivity index (χ0n) is 20.7. The van der Waals surface area contributed by atoms with E-state index in [1.807, 2.05) is 16.7 Å². The van der Waals surface area contributed by atoms with E-state index in [2.05, 4.69) is 58.3 Å². The number of fused-ring (bicyclic) bond motifs is 2. The summed E-state index contributed by atoms with van der Waals surface area (Å²) in [7, 11) is 1.65. The molecule has 2 aromatic carbocycles. The number of nitrogens with zero attached hydrogens (tertiary/aromatic N) is 3. The molecule has 0 aromatic heterocycles. The summed E-state index contributed by atoms with van der Waals surface area (Å²) < 4.78 is 15.8. The number of piperazine rings is 1.